The Hall–Kier alpha value is -2.51. The van der Waals surface area contributed by atoms with Crippen molar-refractivity contribution in [3.05, 3.63) is 41.2 Å². The van der Waals surface area contributed by atoms with Gasteiger partial charge in [-0.2, -0.15) is 0 Å². The smallest absolute Gasteiger partial charge is 0.407 e. The van der Waals surface area contributed by atoms with Gasteiger partial charge in [0, 0.05) is 44.2 Å². The summed E-state index contributed by atoms with van der Waals surface area (Å²) in [6, 6.07) is 4.44. The van der Waals surface area contributed by atoms with Gasteiger partial charge in [-0.05, 0) is 109 Å². The second kappa shape index (κ2) is 12.2. The van der Waals surface area contributed by atoms with Crippen molar-refractivity contribution in [3.8, 4) is 16.9 Å². The van der Waals surface area contributed by atoms with E-state index < -0.39 is 5.60 Å². The van der Waals surface area contributed by atoms with Crippen molar-refractivity contribution >= 4 is 6.09 Å². The number of alkyl carbamates (subject to hydrolysis) is 1. The number of rotatable bonds is 9. The van der Waals surface area contributed by atoms with Gasteiger partial charge in [-0.15, -0.1) is 0 Å². The quantitative estimate of drug-likeness (QED) is 0.444. The van der Waals surface area contributed by atoms with Crippen molar-refractivity contribution < 1.29 is 19.0 Å². The van der Waals surface area contributed by atoms with Gasteiger partial charge in [-0.3, -0.25) is 0 Å². The first-order valence-corrected chi connectivity index (χ1v) is 13.2. The van der Waals surface area contributed by atoms with E-state index >= 15 is 0 Å². The molecule has 2 heterocycles. The van der Waals surface area contributed by atoms with Crippen LogP contribution in [-0.4, -0.2) is 54.0 Å². The van der Waals surface area contributed by atoms with Crippen LogP contribution in [0.1, 0.15) is 76.8 Å². The predicted molar refractivity (Wildman–Crippen MR) is 145 cm³/mol. The number of nitrogens with zero attached hydrogens (tertiary/aromatic N) is 2. The van der Waals surface area contributed by atoms with E-state index in [1.165, 1.54) is 23.1 Å². The molecule has 7 nitrogen and oxygen atoms in total. The van der Waals surface area contributed by atoms with Crippen LogP contribution in [0.4, 0.5) is 4.79 Å². The number of hydrogen-bond acceptors (Lipinski definition) is 5. The summed E-state index contributed by atoms with van der Waals surface area (Å²) >= 11 is 0. The van der Waals surface area contributed by atoms with Gasteiger partial charge >= 0.3 is 6.09 Å². The first-order chi connectivity index (χ1) is 16.9. The van der Waals surface area contributed by atoms with Gasteiger partial charge in [-0.1, -0.05) is 0 Å². The molecular weight excluding hydrogens is 454 g/mol. The monoisotopic (exact) mass is 499 g/mol. The number of hydrogen-bond donors (Lipinski definition) is 1. The molecule has 0 saturated carbocycles. The molecule has 1 aliphatic heterocycles. The third kappa shape index (κ3) is 8.00. The Morgan fingerprint density at radius 2 is 1.89 bits per heavy atom. The Morgan fingerprint density at radius 3 is 2.47 bits per heavy atom. The van der Waals surface area contributed by atoms with E-state index in [4.69, 9.17) is 14.2 Å². The van der Waals surface area contributed by atoms with Crippen molar-refractivity contribution in [2.45, 2.75) is 92.2 Å². The normalized spacial score (nSPS) is 16.4. The molecule has 1 N–H and O–H groups in total. The van der Waals surface area contributed by atoms with Crippen LogP contribution in [0.15, 0.2) is 24.5 Å². The summed E-state index contributed by atoms with van der Waals surface area (Å²) in [7, 11) is 2.07. The molecule has 36 heavy (non-hydrogen) atoms. The fourth-order valence-electron chi connectivity index (χ4n) is 4.59. The summed E-state index contributed by atoms with van der Waals surface area (Å²) in [6.45, 7) is 16.7. The van der Waals surface area contributed by atoms with Crippen LogP contribution in [0, 0.1) is 13.8 Å². The third-order valence-electron chi connectivity index (χ3n) is 6.14. The van der Waals surface area contributed by atoms with E-state index in [1.54, 1.807) is 0 Å². The molecule has 0 spiro atoms. The first kappa shape index (κ1) is 28.1. The van der Waals surface area contributed by atoms with Crippen LogP contribution in [0.2, 0.25) is 0 Å². The molecule has 1 aliphatic rings. The van der Waals surface area contributed by atoms with Crippen molar-refractivity contribution in [2.24, 2.45) is 0 Å². The Morgan fingerprint density at radius 1 is 1.19 bits per heavy atom. The standard InChI is InChI=1S/C29H45N3O4/c1-20(2)35-27-21(3)15-23(16-22(27)4)25-19-32(26-11-9-10-14-34-26)18-24(25)17-31(8)13-12-30-28(33)36-29(5,6)7/h15-16,18-20,26H,9-14,17H2,1-8H3,(H,30,33). The molecule has 1 amide bonds. The molecule has 0 radical (unpaired) electrons. The molecule has 0 bridgehead atoms. The summed E-state index contributed by atoms with van der Waals surface area (Å²) in [5.41, 5.74) is 5.41. The van der Waals surface area contributed by atoms with Gasteiger partial charge in [0.25, 0.3) is 0 Å². The van der Waals surface area contributed by atoms with Crippen LogP contribution in [0.3, 0.4) is 0 Å². The van der Waals surface area contributed by atoms with Gasteiger partial charge < -0.3 is 29.0 Å². The van der Waals surface area contributed by atoms with E-state index in [2.05, 4.69) is 74.1 Å². The minimum Gasteiger partial charge on any atom is -0.490 e. The number of aryl methyl sites for hydroxylation is 2. The predicted octanol–water partition coefficient (Wildman–Crippen LogP) is 6.21. The second-order valence-electron chi connectivity index (χ2n) is 11.2. The van der Waals surface area contributed by atoms with Crippen LogP contribution in [0.5, 0.6) is 5.75 Å². The Kier molecular flexibility index (Phi) is 9.47. The molecule has 7 heteroatoms. The lowest BCUT2D eigenvalue weighted by Gasteiger charge is -2.24. The highest BCUT2D eigenvalue weighted by Crippen LogP contribution is 2.35. The minimum atomic E-state index is -0.499. The fraction of sp³-hybridized carbons (Fsp3) is 0.621. The highest BCUT2D eigenvalue weighted by atomic mass is 16.6. The van der Waals surface area contributed by atoms with Gasteiger partial charge in [-0.25, -0.2) is 4.79 Å². The number of carbonyl (C=O) groups excluding carboxylic acids is 1. The molecule has 2 aromatic rings. The summed E-state index contributed by atoms with van der Waals surface area (Å²) in [5.74, 6) is 0.968. The highest BCUT2D eigenvalue weighted by Gasteiger charge is 2.21. The number of likely N-dealkylation sites (N-methyl/N-ethyl adjacent to an activating group) is 1. The lowest BCUT2D eigenvalue weighted by Crippen LogP contribution is -2.36. The van der Waals surface area contributed by atoms with E-state index in [0.717, 1.165) is 42.9 Å². The average molecular weight is 500 g/mol. The van der Waals surface area contributed by atoms with Crippen LogP contribution < -0.4 is 10.1 Å². The fourth-order valence-corrected chi connectivity index (χ4v) is 4.59. The van der Waals surface area contributed by atoms with E-state index in [9.17, 15) is 4.79 Å². The summed E-state index contributed by atoms with van der Waals surface area (Å²) in [6.07, 6.45) is 7.63. The zero-order chi connectivity index (χ0) is 26.5. The van der Waals surface area contributed by atoms with Crippen LogP contribution in [-0.2, 0) is 16.0 Å². The SMILES string of the molecule is Cc1cc(-c2cn(C3CCCCO3)cc2CN(C)CCNC(=O)OC(C)(C)C)cc(C)c1OC(C)C. The molecule has 1 unspecified atom stereocenters. The summed E-state index contributed by atoms with van der Waals surface area (Å²) in [4.78, 5) is 14.2. The number of ether oxygens (including phenoxy) is 3. The molecule has 1 saturated heterocycles. The van der Waals surface area contributed by atoms with E-state index in [1.807, 2.05) is 20.8 Å². The molecule has 3 rings (SSSR count). The van der Waals surface area contributed by atoms with Crippen molar-refractivity contribution in [1.82, 2.24) is 14.8 Å². The average Bonchev–Trinajstić information content (AvgIpc) is 3.19. The molecule has 1 fully saturated rings. The van der Waals surface area contributed by atoms with Gasteiger partial charge in [0.15, 0.2) is 0 Å². The molecule has 0 aliphatic carbocycles. The number of aromatic nitrogens is 1. The van der Waals surface area contributed by atoms with Crippen molar-refractivity contribution in [1.29, 1.82) is 0 Å². The molecule has 1 aromatic heterocycles. The number of nitrogens with one attached hydrogen (secondary N) is 1. The summed E-state index contributed by atoms with van der Waals surface area (Å²) < 4.78 is 19.7. The maximum atomic E-state index is 12.0. The van der Waals surface area contributed by atoms with Crippen molar-refractivity contribution in [3.63, 3.8) is 0 Å². The van der Waals surface area contributed by atoms with Gasteiger partial charge in [0.1, 0.15) is 17.6 Å². The zero-order valence-electron chi connectivity index (χ0n) is 23.4. The topological polar surface area (TPSA) is 65.0 Å². The van der Waals surface area contributed by atoms with Gasteiger partial charge in [0.05, 0.1) is 6.10 Å². The van der Waals surface area contributed by atoms with Crippen LogP contribution in [0.25, 0.3) is 11.1 Å². The third-order valence-corrected chi connectivity index (χ3v) is 6.14. The molecule has 1 aromatic carbocycles. The number of carbonyl (C=O) groups is 1. The molecule has 1 atom stereocenters. The Labute approximate surface area is 217 Å². The molecular formula is C29H45N3O4. The lowest BCUT2D eigenvalue weighted by molar-refractivity contribution is -0.0318. The summed E-state index contributed by atoms with van der Waals surface area (Å²) in [5, 5.41) is 2.85. The highest BCUT2D eigenvalue weighted by molar-refractivity contribution is 5.70. The second-order valence-corrected chi connectivity index (χ2v) is 11.2. The van der Waals surface area contributed by atoms with E-state index in [0.29, 0.717) is 13.1 Å². The first-order valence-electron chi connectivity index (χ1n) is 13.2. The lowest BCUT2D eigenvalue weighted by atomic mass is 9.98. The Bertz CT molecular complexity index is 993. The molecule has 200 valence electrons. The number of amides is 1. The van der Waals surface area contributed by atoms with Gasteiger partial charge in [0.2, 0.25) is 0 Å². The Balaban J connectivity index is 1.79. The number of benzene rings is 1. The van der Waals surface area contributed by atoms with E-state index in [-0.39, 0.29) is 18.4 Å². The zero-order valence-corrected chi connectivity index (χ0v) is 23.4. The van der Waals surface area contributed by atoms with Crippen molar-refractivity contribution in [2.75, 3.05) is 26.7 Å². The maximum absolute atomic E-state index is 12.0. The largest absolute Gasteiger partial charge is 0.490 e. The minimum absolute atomic E-state index is 0.0798. The maximum Gasteiger partial charge on any atom is 0.407 e. The van der Waals surface area contributed by atoms with Crippen LogP contribution >= 0.6 is 0 Å².